The standard InChI is InChI=1S/C18H16F6N2O4S/c1-2-30-16(27)11-26(10-14-5-3-4-6-25-14)31(28,29)15-8-12(17(19,20)21)7-13(9-15)18(22,23)24/h3-9H,2,10-11H2,1H3. The van der Waals surface area contributed by atoms with Crippen LogP contribution in [0.3, 0.4) is 0 Å². The molecule has 31 heavy (non-hydrogen) atoms. The van der Waals surface area contributed by atoms with Crippen molar-refractivity contribution in [3.8, 4) is 0 Å². The van der Waals surface area contributed by atoms with Crippen LogP contribution in [-0.4, -0.2) is 36.8 Å². The highest BCUT2D eigenvalue weighted by atomic mass is 32.2. The van der Waals surface area contributed by atoms with E-state index in [1.165, 1.54) is 31.3 Å². The molecule has 6 nitrogen and oxygen atoms in total. The van der Waals surface area contributed by atoms with Gasteiger partial charge in [-0.3, -0.25) is 9.78 Å². The first-order valence-electron chi connectivity index (χ1n) is 8.60. The van der Waals surface area contributed by atoms with Crippen molar-refractivity contribution in [1.29, 1.82) is 0 Å². The number of halogens is 6. The number of esters is 1. The number of rotatable bonds is 7. The Morgan fingerprint density at radius 3 is 2.06 bits per heavy atom. The summed E-state index contributed by atoms with van der Waals surface area (Å²) in [5, 5.41) is 0. The monoisotopic (exact) mass is 470 g/mol. The number of ether oxygens (including phenoxy) is 1. The number of carbonyl (C=O) groups excluding carboxylic acids is 1. The highest BCUT2D eigenvalue weighted by Crippen LogP contribution is 2.37. The van der Waals surface area contributed by atoms with Gasteiger partial charge in [-0.25, -0.2) is 8.42 Å². The highest BCUT2D eigenvalue weighted by molar-refractivity contribution is 7.89. The van der Waals surface area contributed by atoms with Gasteiger partial charge in [0, 0.05) is 6.20 Å². The van der Waals surface area contributed by atoms with Gasteiger partial charge >= 0.3 is 18.3 Å². The number of carbonyl (C=O) groups is 1. The van der Waals surface area contributed by atoms with Crippen molar-refractivity contribution in [3.05, 3.63) is 59.4 Å². The number of pyridine rings is 1. The van der Waals surface area contributed by atoms with Crippen LogP contribution in [0, 0.1) is 0 Å². The Bertz CT molecular complexity index is 991. The van der Waals surface area contributed by atoms with Gasteiger partial charge in [-0.05, 0) is 37.3 Å². The van der Waals surface area contributed by atoms with E-state index < -0.39 is 57.5 Å². The van der Waals surface area contributed by atoms with Crippen LogP contribution in [0.2, 0.25) is 0 Å². The van der Waals surface area contributed by atoms with E-state index in [-0.39, 0.29) is 30.5 Å². The zero-order valence-electron chi connectivity index (χ0n) is 15.9. The average Bonchev–Trinajstić information content (AvgIpc) is 2.66. The van der Waals surface area contributed by atoms with Crippen molar-refractivity contribution in [3.63, 3.8) is 0 Å². The number of aromatic nitrogens is 1. The molecular weight excluding hydrogens is 454 g/mol. The molecule has 0 unspecified atom stereocenters. The lowest BCUT2D eigenvalue weighted by atomic mass is 10.1. The van der Waals surface area contributed by atoms with E-state index in [2.05, 4.69) is 9.72 Å². The molecular formula is C18H16F6N2O4S. The van der Waals surface area contributed by atoms with Crippen molar-refractivity contribution >= 4 is 16.0 Å². The molecule has 0 radical (unpaired) electrons. The first-order chi connectivity index (χ1) is 14.2. The maximum Gasteiger partial charge on any atom is 0.416 e. The van der Waals surface area contributed by atoms with Crippen molar-refractivity contribution in [2.45, 2.75) is 30.7 Å². The second-order valence-electron chi connectivity index (χ2n) is 6.14. The Labute approximate surface area is 173 Å². The van der Waals surface area contributed by atoms with Gasteiger partial charge in [0.1, 0.15) is 6.54 Å². The molecule has 0 aliphatic carbocycles. The molecule has 0 aliphatic heterocycles. The smallest absolute Gasteiger partial charge is 0.416 e. The first kappa shape index (κ1) is 24.6. The van der Waals surface area contributed by atoms with Gasteiger partial charge < -0.3 is 4.74 Å². The molecule has 2 aromatic rings. The number of sulfonamides is 1. The van der Waals surface area contributed by atoms with Crippen LogP contribution >= 0.6 is 0 Å². The summed E-state index contributed by atoms with van der Waals surface area (Å²) in [6.07, 6.45) is -9.17. The number of hydrogen-bond donors (Lipinski definition) is 0. The molecule has 0 N–H and O–H groups in total. The molecule has 1 heterocycles. The van der Waals surface area contributed by atoms with Gasteiger partial charge in [0.2, 0.25) is 10.0 Å². The Morgan fingerprint density at radius 2 is 1.61 bits per heavy atom. The summed E-state index contributed by atoms with van der Waals surface area (Å²) in [4.78, 5) is 14.5. The summed E-state index contributed by atoms with van der Waals surface area (Å²) >= 11 is 0. The lowest BCUT2D eigenvalue weighted by Crippen LogP contribution is -2.36. The summed E-state index contributed by atoms with van der Waals surface area (Å²) < 4.78 is 110. The fourth-order valence-corrected chi connectivity index (χ4v) is 3.90. The molecule has 2 rings (SSSR count). The average molecular weight is 470 g/mol. The third-order valence-corrected chi connectivity index (χ3v) is 5.64. The minimum Gasteiger partial charge on any atom is -0.465 e. The van der Waals surface area contributed by atoms with E-state index in [4.69, 9.17) is 0 Å². The topological polar surface area (TPSA) is 76.6 Å². The number of benzene rings is 1. The predicted molar refractivity (Wildman–Crippen MR) is 94.9 cm³/mol. The largest absolute Gasteiger partial charge is 0.465 e. The van der Waals surface area contributed by atoms with Crippen LogP contribution in [0.4, 0.5) is 26.3 Å². The lowest BCUT2D eigenvalue weighted by molar-refractivity contribution is -0.144. The maximum absolute atomic E-state index is 13.1. The second-order valence-corrected chi connectivity index (χ2v) is 8.08. The summed E-state index contributed by atoms with van der Waals surface area (Å²) in [6.45, 7) is -0.195. The van der Waals surface area contributed by atoms with E-state index in [1.54, 1.807) is 0 Å². The zero-order chi connectivity index (χ0) is 23.4. The van der Waals surface area contributed by atoms with E-state index in [0.29, 0.717) is 4.31 Å². The molecule has 13 heteroatoms. The van der Waals surface area contributed by atoms with Crippen molar-refractivity contribution in [1.82, 2.24) is 9.29 Å². The summed E-state index contributed by atoms with van der Waals surface area (Å²) in [5.41, 5.74) is -3.48. The first-order valence-corrected chi connectivity index (χ1v) is 10.0. The zero-order valence-corrected chi connectivity index (χ0v) is 16.7. The van der Waals surface area contributed by atoms with Crippen LogP contribution in [0.1, 0.15) is 23.7 Å². The van der Waals surface area contributed by atoms with E-state index in [9.17, 15) is 39.6 Å². The molecule has 0 bridgehead atoms. The number of hydrogen-bond acceptors (Lipinski definition) is 5. The minimum atomic E-state index is -5.24. The van der Waals surface area contributed by atoms with E-state index in [0.717, 1.165) is 0 Å². The van der Waals surface area contributed by atoms with Crippen molar-refractivity contribution in [2.75, 3.05) is 13.2 Å². The Morgan fingerprint density at radius 1 is 1.03 bits per heavy atom. The second kappa shape index (κ2) is 9.22. The Hall–Kier alpha value is -2.67. The fourth-order valence-electron chi connectivity index (χ4n) is 2.47. The minimum absolute atomic E-state index is 0.0845. The van der Waals surface area contributed by atoms with Crippen molar-refractivity contribution < 1.29 is 44.3 Å². The van der Waals surface area contributed by atoms with Gasteiger partial charge in [0.25, 0.3) is 0 Å². The maximum atomic E-state index is 13.1. The highest BCUT2D eigenvalue weighted by Gasteiger charge is 2.39. The molecule has 0 amide bonds. The third kappa shape index (κ3) is 6.40. The Kier molecular flexibility index (Phi) is 7.32. The summed E-state index contributed by atoms with van der Waals surface area (Å²) in [5.74, 6) is -1.04. The molecule has 170 valence electrons. The van der Waals surface area contributed by atoms with Gasteiger partial charge in [0.15, 0.2) is 0 Å². The molecule has 0 saturated carbocycles. The molecule has 1 aromatic carbocycles. The van der Waals surface area contributed by atoms with E-state index >= 15 is 0 Å². The molecule has 0 spiro atoms. The SMILES string of the molecule is CCOC(=O)CN(Cc1ccccn1)S(=O)(=O)c1cc(C(F)(F)F)cc(C(F)(F)F)c1. The number of nitrogens with zero attached hydrogens (tertiary/aromatic N) is 2. The van der Waals surface area contributed by atoms with Gasteiger partial charge in [-0.2, -0.15) is 30.6 Å². The molecule has 0 saturated heterocycles. The van der Waals surface area contributed by atoms with E-state index in [1.807, 2.05) is 0 Å². The predicted octanol–water partition coefficient (Wildman–Crippen LogP) is 3.87. The molecule has 0 fully saturated rings. The van der Waals surface area contributed by atoms with Gasteiger partial charge in [-0.15, -0.1) is 0 Å². The van der Waals surface area contributed by atoms with Gasteiger partial charge in [0.05, 0.1) is 34.9 Å². The van der Waals surface area contributed by atoms with Crippen LogP contribution in [0.25, 0.3) is 0 Å². The summed E-state index contributed by atoms with van der Waals surface area (Å²) in [7, 11) is -4.99. The third-order valence-electron chi connectivity index (χ3n) is 3.87. The lowest BCUT2D eigenvalue weighted by Gasteiger charge is -2.22. The molecule has 1 aromatic heterocycles. The normalized spacial score (nSPS) is 12.8. The van der Waals surface area contributed by atoms with Crippen LogP contribution in [0.5, 0.6) is 0 Å². The summed E-state index contributed by atoms with van der Waals surface area (Å²) in [6, 6.07) is 4.36. The quantitative estimate of drug-likeness (QED) is 0.454. The van der Waals surface area contributed by atoms with Crippen LogP contribution in [0.15, 0.2) is 47.5 Å². The Balaban J connectivity index is 2.60. The molecule has 0 aliphatic rings. The van der Waals surface area contributed by atoms with Crippen LogP contribution in [-0.2, 0) is 38.5 Å². The van der Waals surface area contributed by atoms with Crippen LogP contribution < -0.4 is 0 Å². The molecule has 0 atom stereocenters. The fraction of sp³-hybridized carbons (Fsp3) is 0.333. The number of alkyl halides is 6. The van der Waals surface area contributed by atoms with Gasteiger partial charge in [-0.1, -0.05) is 6.07 Å². The van der Waals surface area contributed by atoms with Crippen molar-refractivity contribution in [2.24, 2.45) is 0 Å².